The zero-order valence-electron chi connectivity index (χ0n) is 14.9. The van der Waals surface area contributed by atoms with Gasteiger partial charge in [-0.05, 0) is 18.2 Å². The molecule has 27 heavy (non-hydrogen) atoms. The summed E-state index contributed by atoms with van der Waals surface area (Å²) in [5.41, 5.74) is 0.380. The van der Waals surface area contributed by atoms with Crippen LogP contribution in [0, 0.1) is 0 Å². The Bertz CT molecular complexity index is 920. The highest BCUT2D eigenvalue weighted by Gasteiger charge is 2.30. The van der Waals surface area contributed by atoms with Crippen LogP contribution in [-0.4, -0.2) is 75.7 Å². The first kappa shape index (κ1) is 19.1. The normalized spacial score (nSPS) is 14.8. The van der Waals surface area contributed by atoms with E-state index in [2.05, 4.69) is 10.2 Å². The van der Waals surface area contributed by atoms with E-state index < -0.39 is 26.7 Å². The van der Waals surface area contributed by atoms with Gasteiger partial charge >= 0.3 is 5.22 Å². The van der Waals surface area contributed by atoms with Crippen molar-refractivity contribution in [1.82, 2.24) is 15.1 Å². The summed E-state index contributed by atoms with van der Waals surface area (Å²) in [6.07, 6.45) is 0. The number of rotatable bonds is 6. The summed E-state index contributed by atoms with van der Waals surface area (Å²) in [5, 5.41) is 6.76. The molecular weight excluding hydrogens is 378 g/mol. The van der Waals surface area contributed by atoms with Gasteiger partial charge in [-0.2, -0.15) is 0 Å². The summed E-state index contributed by atoms with van der Waals surface area (Å²) in [4.78, 5) is 13.6. The van der Waals surface area contributed by atoms with E-state index >= 15 is 0 Å². The van der Waals surface area contributed by atoms with Crippen molar-refractivity contribution in [2.45, 2.75) is 5.22 Å². The zero-order chi connectivity index (χ0) is 19.4. The summed E-state index contributed by atoms with van der Waals surface area (Å²) >= 11 is 0. The average Bonchev–Trinajstić information content (AvgIpc) is 3.19. The van der Waals surface area contributed by atoms with E-state index in [1.807, 2.05) is 0 Å². The zero-order valence-corrected chi connectivity index (χ0v) is 15.7. The molecule has 11 heteroatoms. The Morgan fingerprint density at radius 2 is 1.93 bits per heavy atom. The number of methoxy groups -OCH3 is 2. The minimum atomic E-state index is -4.08. The monoisotopic (exact) mass is 397 g/mol. The Morgan fingerprint density at radius 3 is 2.59 bits per heavy atom. The van der Waals surface area contributed by atoms with Crippen molar-refractivity contribution in [2.75, 3.05) is 46.3 Å². The second-order valence-electron chi connectivity index (χ2n) is 5.69. The van der Waals surface area contributed by atoms with Gasteiger partial charge < -0.3 is 23.5 Å². The highest BCUT2D eigenvalue weighted by molar-refractivity contribution is 7.91. The van der Waals surface area contributed by atoms with E-state index in [0.29, 0.717) is 43.4 Å². The standard InChI is InChI=1S/C16H19N3O7S/c1-23-11-3-4-13(24-2)12(9-11)15-17-18-16(26-15)27(21,22)10-14(20)19-5-7-25-8-6-19/h3-4,9H,5-8,10H2,1-2H3. The molecule has 0 atom stereocenters. The van der Waals surface area contributed by atoms with Crippen molar-refractivity contribution in [3.63, 3.8) is 0 Å². The molecule has 1 amide bonds. The summed E-state index contributed by atoms with van der Waals surface area (Å²) in [5.74, 6) is -0.409. The van der Waals surface area contributed by atoms with Crippen molar-refractivity contribution in [2.24, 2.45) is 0 Å². The average molecular weight is 397 g/mol. The predicted molar refractivity (Wildman–Crippen MR) is 92.3 cm³/mol. The number of benzene rings is 1. The topological polar surface area (TPSA) is 121 Å². The number of carbonyl (C=O) groups excluding carboxylic acids is 1. The minimum absolute atomic E-state index is 0.0526. The number of carbonyl (C=O) groups is 1. The molecule has 0 unspecified atom stereocenters. The number of hydrogen-bond donors (Lipinski definition) is 0. The largest absolute Gasteiger partial charge is 0.497 e. The fourth-order valence-electron chi connectivity index (χ4n) is 2.55. The SMILES string of the molecule is COc1ccc(OC)c(-c2nnc(S(=O)(=O)CC(=O)N3CCOCC3)o2)c1. The van der Waals surface area contributed by atoms with Crippen LogP contribution in [0.3, 0.4) is 0 Å². The third kappa shape index (κ3) is 4.19. The van der Waals surface area contributed by atoms with Gasteiger partial charge in [0.15, 0.2) is 0 Å². The molecule has 0 saturated carbocycles. The summed E-state index contributed by atoms with van der Waals surface area (Å²) < 4.78 is 45.8. The first-order valence-electron chi connectivity index (χ1n) is 8.09. The lowest BCUT2D eigenvalue weighted by atomic mass is 10.2. The Balaban J connectivity index is 1.83. The maximum atomic E-state index is 12.5. The van der Waals surface area contributed by atoms with Crippen molar-refractivity contribution in [3.05, 3.63) is 18.2 Å². The van der Waals surface area contributed by atoms with Crippen LogP contribution in [0.5, 0.6) is 11.5 Å². The van der Waals surface area contributed by atoms with Crippen LogP contribution >= 0.6 is 0 Å². The van der Waals surface area contributed by atoms with E-state index in [4.69, 9.17) is 18.6 Å². The lowest BCUT2D eigenvalue weighted by Crippen LogP contribution is -2.43. The molecule has 2 aromatic rings. The van der Waals surface area contributed by atoms with Crippen molar-refractivity contribution in [3.8, 4) is 23.0 Å². The number of aromatic nitrogens is 2. The van der Waals surface area contributed by atoms with Gasteiger partial charge in [-0.3, -0.25) is 4.79 Å². The van der Waals surface area contributed by atoms with Crippen LogP contribution in [0.15, 0.2) is 27.8 Å². The van der Waals surface area contributed by atoms with E-state index in [1.54, 1.807) is 18.2 Å². The van der Waals surface area contributed by atoms with E-state index in [0.717, 1.165) is 0 Å². The van der Waals surface area contributed by atoms with Gasteiger partial charge in [0.05, 0.1) is 33.0 Å². The summed E-state index contributed by atoms with van der Waals surface area (Å²) in [6.45, 7) is 1.47. The molecule has 1 saturated heterocycles. The van der Waals surface area contributed by atoms with Gasteiger partial charge in [-0.25, -0.2) is 8.42 Å². The number of nitrogens with zero attached hydrogens (tertiary/aromatic N) is 3. The number of hydrogen-bond acceptors (Lipinski definition) is 9. The Kier molecular flexibility index (Phi) is 5.61. The minimum Gasteiger partial charge on any atom is -0.497 e. The quantitative estimate of drug-likeness (QED) is 0.681. The maximum Gasteiger partial charge on any atom is 0.336 e. The van der Waals surface area contributed by atoms with Crippen LogP contribution in [0.1, 0.15) is 0 Å². The van der Waals surface area contributed by atoms with Gasteiger partial charge in [0.1, 0.15) is 17.3 Å². The molecule has 10 nitrogen and oxygen atoms in total. The van der Waals surface area contributed by atoms with Gasteiger partial charge in [0.2, 0.25) is 15.7 Å². The highest BCUT2D eigenvalue weighted by Crippen LogP contribution is 2.33. The van der Waals surface area contributed by atoms with Crippen LogP contribution < -0.4 is 9.47 Å². The van der Waals surface area contributed by atoms with E-state index in [-0.39, 0.29) is 5.89 Å². The smallest absolute Gasteiger partial charge is 0.336 e. The van der Waals surface area contributed by atoms with Gasteiger partial charge in [0.25, 0.3) is 5.89 Å². The van der Waals surface area contributed by atoms with E-state index in [9.17, 15) is 13.2 Å². The number of morpholine rings is 1. The molecule has 2 heterocycles. The van der Waals surface area contributed by atoms with Crippen LogP contribution in [0.4, 0.5) is 0 Å². The molecular formula is C16H19N3O7S. The van der Waals surface area contributed by atoms with E-state index in [1.165, 1.54) is 19.1 Å². The predicted octanol–water partition coefficient (Wildman–Crippen LogP) is 0.386. The molecule has 0 radical (unpaired) electrons. The number of sulfone groups is 1. The van der Waals surface area contributed by atoms with Crippen LogP contribution in [0.2, 0.25) is 0 Å². The maximum absolute atomic E-state index is 12.5. The van der Waals surface area contributed by atoms with Gasteiger partial charge in [-0.15, -0.1) is 5.10 Å². The molecule has 1 fully saturated rings. The third-order valence-electron chi connectivity index (χ3n) is 3.99. The molecule has 3 rings (SSSR count). The molecule has 1 aliphatic heterocycles. The van der Waals surface area contributed by atoms with Crippen molar-refractivity contribution < 1.29 is 31.8 Å². The lowest BCUT2D eigenvalue weighted by molar-refractivity contribution is -0.132. The fourth-order valence-corrected chi connectivity index (χ4v) is 3.56. The first-order chi connectivity index (χ1) is 12.9. The summed E-state index contributed by atoms with van der Waals surface area (Å²) in [7, 11) is -1.12. The Labute approximate surface area is 155 Å². The third-order valence-corrected chi connectivity index (χ3v) is 5.31. The highest BCUT2D eigenvalue weighted by atomic mass is 32.2. The van der Waals surface area contributed by atoms with Gasteiger partial charge in [0, 0.05) is 13.1 Å². The van der Waals surface area contributed by atoms with Gasteiger partial charge in [-0.1, -0.05) is 5.10 Å². The molecule has 1 aromatic heterocycles. The second kappa shape index (κ2) is 7.92. The number of ether oxygens (including phenoxy) is 3. The van der Waals surface area contributed by atoms with Crippen LogP contribution in [-0.2, 0) is 19.4 Å². The molecule has 0 aliphatic carbocycles. The fraction of sp³-hybridized carbons (Fsp3) is 0.438. The number of amides is 1. The lowest BCUT2D eigenvalue weighted by Gasteiger charge is -2.26. The molecule has 146 valence electrons. The molecule has 0 bridgehead atoms. The Hall–Kier alpha value is -2.66. The molecule has 1 aliphatic rings. The molecule has 0 spiro atoms. The Morgan fingerprint density at radius 1 is 1.19 bits per heavy atom. The van der Waals surface area contributed by atoms with Crippen LogP contribution in [0.25, 0.3) is 11.5 Å². The van der Waals surface area contributed by atoms with Crippen molar-refractivity contribution in [1.29, 1.82) is 0 Å². The molecule has 1 aromatic carbocycles. The molecule has 0 N–H and O–H groups in total. The second-order valence-corrected chi connectivity index (χ2v) is 7.56. The van der Waals surface area contributed by atoms with Crippen molar-refractivity contribution >= 4 is 15.7 Å². The first-order valence-corrected chi connectivity index (χ1v) is 9.74. The summed E-state index contributed by atoms with van der Waals surface area (Å²) in [6, 6.07) is 4.90.